The predicted molar refractivity (Wildman–Crippen MR) is 41.0 cm³/mol. The summed E-state index contributed by atoms with van der Waals surface area (Å²) < 4.78 is 5.01. The smallest absolute Gasteiger partial charge is 0.0866 e. The first-order chi connectivity index (χ1) is 5.35. The minimum atomic E-state index is -0.413. The molecule has 0 spiro atoms. The van der Waals surface area contributed by atoms with E-state index >= 15 is 0 Å². The number of aliphatic hydroxyl groups is 1. The van der Waals surface area contributed by atoms with Crippen LogP contribution in [0.15, 0.2) is 17.8 Å². The first kappa shape index (κ1) is 9.97. The summed E-state index contributed by atoms with van der Waals surface area (Å²) in [6.07, 6.45) is 1.16. The lowest BCUT2D eigenvalue weighted by Crippen LogP contribution is -2.20. The lowest BCUT2D eigenvalue weighted by atomic mass is 10.4. The number of hydrogen-bond donors (Lipinski definition) is 1. The normalized spacial score (nSPS) is 11.7. The van der Waals surface area contributed by atoms with Crippen molar-refractivity contribution in [1.82, 2.24) is 0 Å². The van der Waals surface area contributed by atoms with Gasteiger partial charge in [0.1, 0.15) is 0 Å². The Morgan fingerprint density at radius 2 is 2.55 bits per heavy atom. The van der Waals surface area contributed by atoms with E-state index in [2.05, 4.69) is 16.6 Å². The second-order valence-corrected chi connectivity index (χ2v) is 1.84. The first-order valence-electron chi connectivity index (χ1n) is 3.19. The van der Waals surface area contributed by atoms with Gasteiger partial charge in [-0.1, -0.05) is 11.2 Å². The van der Waals surface area contributed by atoms with Crippen LogP contribution in [0.5, 0.6) is 0 Å². The molecule has 5 nitrogen and oxygen atoms in total. The Balaban J connectivity index is 3.56. The van der Waals surface area contributed by atoms with Crippen LogP contribution in [0.3, 0.4) is 0 Å². The van der Waals surface area contributed by atoms with Crippen LogP contribution in [0.4, 0.5) is 0 Å². The van der Waals surface area contributed by atoms with Crippen LogP contribution < -0.4 is 0 Å². The Kier molecular flexibility index (Phi) is 6.42. The minimum Gasteiger partial charge on any atom is -0.394 e. The average molecular weight is 157 g/mol. The number of aliphatic hydroxyl groups excluding tert-OH is 1. The molecule has 1 N–H and O–H groups in total. The molecular weight excluding hydrogens is 146 g/mol. The highest BCUT2D eigenvalue weighted by Crippen LogP contribution is 1.92. The van der Waals surface area contributed by atoms with Crippen molar-refractivity contribution < 1.29 is 9.84 Å². The predicted octanol–water partition coefficient (Wildman–Crippen LogP) is 0.860. The van der Waals surface area contributed by atoms with Crippen LogP contribution in [-0.2, 0) is 4.74 Å². The van der Waals surface area contributed by atoms with Gasteiger partial charge in [-0.3, -0.25) is 0 Å². The summed E-state index contributed by atoms with van der Waals surface area (Å²) in [6, 6.07) is 0. The SMILES string of the molecule is C=CCO[C@H](CO)CN=[N+]=[N-]. The monoisotopic (exact) mass is 157 g/mol. The lowest BCUT2D eigenvalue weighted by Gasteiger charge is -2.09. The van der Waals surface area contributed by atoms with Gasteiger partial charge in [0.05, 0.1) is 25.9 Å². The maximum Gasteiger partial charge on any atom is 0.0866 e. The third-order valence-corrected chi connectivity index (χ3v) is 1.00. The zero-order valence-electron chi connectivity index (χ0n) is 6.18. The molecule has 0 unspecified atom stereocenters. The fourth-order valence-electron chi connectivity index (χ4n) is 0.495. The molecule has 62 valence electrons. The van der Waals surface area contributed by atoms with Crippen LogP contribution in [0, 0.1) is 0 Å². The Hall–Kier alpha value is -1.03. The second-order valence-electron chi connectivity index (χ2n) is 1.84. The molecule has 11 heavy (non-hydrogen) atoms. The Labute approximate surface area is 64.9 Å². The highest BCUT2D eigenvalue weighted by atomic mass is 16.5. The number of hydrogen-bond acceptors (Lipinski definition) is 3. The van der Waals surface area contributed by atoms with Gasteiger partial charge in [0.25, 0.3) is 0 Å². The molecule has 1 atom stereocenters. The molecule has 0 saturated carbocycles. The standard InChI is InChI=1S/C6H11N3O2/c1-2-3-11-6(5-10)4-8-9-7/h2,6,10H,1,3-5H2/t6-/m0/s1. The quantitative estimate of drug-likeness (QED) is 0.268. The zero-order valence-corrected chi connectivity index (χ0v) is 6.18. The molecule has 0 saturated heterocycles. The van der Waals surface area contributed by atoms with Crippen LogP contribution >= 0.6 is 0 Å². The number of azide groups is 1. The van der Waals surface area contributed by atoms with E-state index < -0.39 is 6.10 Å². The molecule has 5 heteroatoms. The van der Waals surface area contributed by atoms with Gasteiger partial charge in [-0.15, -0.1) is 6.58 Å². The van der Waals surface area contributed by atoms with Gasteiger partial charge in [0, 0.05) is 4.91 Å². The molecule has 0 aliphatic rings. The van der Waals surface area contributed by atoms with Crippen LogP contribution in [-0.4, -0.2) is 31.0 Å². The molecule has 0 bridgehead atoms. The molecule has 0 radical (unpaired) electrons. The van der Waals surface area contributed by atoms with Crippen molar-refractivity contribution >= 4 is 0 Å². The molecule has 0 heterocycles. The minimum absolute atomic E-state index is 0.146. The van der Waals surface area contributed by atoms with E-state index in [1.807, 2.05) is 0 Å². The van der Waals surface area contributed by atoms with Gasteiger partial charge in [0.2, 0.25) is 0 Å². The summed E-state index contributed by atoms with van der Waals surface area (Å²) in [6.45, 7) is 3.80. The maximum atomic E-state index is 8.64. The van der Waals surface area contributed by atoms with E-state index in [4.69, 9.17) is 15.4 Å². The summed E-state index contributed by atoms with van der Waals surface area (Å²) in [5.41, 5.74) is 7.94. The van der Waals surface area contributed by atoms with E-state index in [-0.39, 0.29) is 13.2 Å². The molecular formula is C6H11N3O2. The third kappa shape index (κ3) is 5.42. The van der Waals surface area contributed by atoms with E-state index in [0.717, 1.165) is 0 Å². The van der Waals surface area contributed by atoms with E-state index in [1.165, 1.54) is 0 Å². The van der Waals surface area contributed by atoms with E-state index in [1.54, 1.807) is 6.08 Å². The highest BCUT2D eigenvalue weighted by molar-refractivity contribution is 4.67. The van der Waals surface area contributed by atoms with Crippen LogP contribution in [0.2, 0.25) is 0 Å². The summed E-state index contributed by atoms with van der Waals surface area (Å²) >= 11 is 0. The molecule has 0 fully saturated rings. The van der Waals surface area contributed by atoms with Gasteiger partial charge < -0.3 is 9.84 Å². The lowest BCUT2D eigenvalue weighted by molar-refractivity contribution is 0.0347. The summed E-state index contributed by atoms with van der Waals surface area (Å²) in [5, 5.41) is 11.9. The van der Waals surface area contributed by atoms with Gasteiger partial charge in [0.15, 0.2) is 0 Å². The van der Waals surface area contributed by atoms with E-state index in [9.17, 15) is 0 Å². The van der Waals surface area contributed by atoms with Crippen molar-refractivity contribution in [3.05, 3.63) is 23.1 Å². The largest absolute Gasteiger partial charge is 0.394 e. The van der Waals surface area contributed by atoms with Crippen molar-refractivity contribution in [3.8, 4) is 0 Å². The third-order valence-electron chi connectivity index (χ3n) is 1.00. The van der Waals surface area contributed by atoms with Crippen molar-refractivity contribution in [2.45, 2.75) is 6.10 Å². The zero-order chi connectivity index (χ0) is 8.53. The second kappa shape index (κ2) is 7.08. The number of nitrogens with zero attached hydrogens (tertiary/aromatic N) is 3. The fraction of sp³-hybridized carbons (Fsp3) is 0.667. The molecule has 0 aliphatic carbocycles. The molecule has 0 aromatic carbocycles. The Bertz CT molecular complexity index is 154. The summed E-state index contributed by atoms with van der Waals surface area (Å²) in [4.78, 5) is 2.54. The van der Waals surface area contributed by atoms with Crippen molar-refractivity contribution in [3.63, 3.8) is 0 Å². The summed E-state index contributed by atoms with van der Waals surface area (Å²) in [5.74, 6) is 0. The van der Waals surface area contributed by atoms with Gasteiger partial charge in [-0.2, -0.15) is 0 Å². The maximum absolute atomic E-state index is 8.64. The molecule has 0 aromatic heterocycles. The topological polar surface area (TPSA) is 78.2 Å². The van der Waals surface area contributed by atoms with Crippen molar-refractivity contribution in [2.75, 3.05) is 19.8 Å². The number of rotatable bonds is 6. The van der Waals surface area contributed by atoms with Gasteiger partial charge in [-0.25, -0.2) is 0 Å². The Morgan fingerprint density at radius 1 is 1.82 bits per heavy atom. The molecule has 0 aromatic rings. The fourth-order valence-corrected chi connectivity index (χ4v) is 0.495. The van der Waals surface area contributed by atoms with Crippen molar-refractivity contribution in [2.24, 2.45) is 5.11 Å². The molecule has 0 aliphatic heterocycles. The Morgan fingerprint density at radius 3 is 3.00 bits per heavy atom. The summed E-state index contributed by atoms with van der Waals surface area (Å²) in [7, 11) is 0. The highest BCUT2D eigenvalue weighted by Gasteiger charge is 2.03. The van der Waals surface area contributed by atoms with Gasteiger partial charge >= 0.3 is 0 Å². The van der Waals surface area contributed by atoms with Crippen LogP contribution in [0.1, 0.15) is 0 Å². The first-order valence-corrected chi connectivity index (χ1v) is 3.19. The average Bonchev–Trinajstić information content (AvgIpc) is 2.05. The van der Waals surface area contributed by atoms with Crippen molar-refractivity contribution in [1.29, 1.82) is 0 Å². The van der Waals surface area contributed by atoms with E-state index in [0.29, 0.717) is 6.61 Å². The molecule has 0 amide bonds. The van der Waals surface area contributed by atoms with Crippen LogP contribution in [0.25, 0.3) is 10.4 Å². The van der Waals surface area contributed by atoms with Gasteiger partial charge in [-0.05, 0) is 5.53 Å². The molecule has 0 rings (SSSR count). The number of ether oxygens (including phenoxy) is 1.